The van der Waals surface area contributed by atoms with Crippen LogP contribution >= 0.6 is 0 Å². The number of fused-ring (bicyclic) bond motifs is 1. The van der Waals surface area contributed by atoms with Gasteiger partial charge in [0.2, 0.25) is 0 Å². The summed E-state index contributed by atoms with van der Waals surface area (Å²) in [4.78, 5) is 17.3. The van der Waals surface area contributed by atoms with E-state index in [1.54, 1.807) is 18.2 Å². The monoisotopic (exact) mass is 517 g/mol. The van der Waals surface area contributed by atoms with E-state index in [0.717, 1.165) is 29.9 Å². The molecule has 1 heterocycles. The fraction of sp³-hybridized carbons (Fsp3) is 0.481. The van der Waals surface area contributed by atoms with Gasteiger partial charge in [0.05, 0.1) is 21.6 Å². The van der Waals surface area contributed by atoms with Crippen LogP contribution in [0.15, 0.2) is 47.4 Å². The standard InChI is InChI=1S/C27H36FN3O4S/c1-7-8-25-29-23-17-21(11-14-24(23)30(25)18-26(32)35-27(4,5)6)31(16-15-19(2)3)36(33,34)22-12-9-20(28)10-13-22/h9-14,17,19H,7-8,15-16,18H2,1-6H3. The van der Waals surface area contributed by atoms with Gasteiger partial charge in [0.15, 0.2) is 0 Å². The van der Waals surface area contributed by atoms with Gasteiger partial charge in [0.25, 0.3) is 10.0 Å². The first-order valence-corrected chi connectivity index (χ1v) is 13.7. The number of imidazole rings is 1. The zero-order valence-electron chi connectivity index (χ0n) is 21.9. The lowest BCUT2D eigenvalue weighted by Crippen LogP contribution is -2.32. The van der Waals surface area contributed by atoms with Gasteiger partial charge in [-0.2, -0.15) is 0 Å². The van der Waals surface area contributed by atoms with Crippen molar-refractivity contribution in [3.8, 4) is 0 Å². The Bertz CT molecular complexity index is 1310. The van der Waals surface area contributed by atoms with Crippen molar-refractivity contribution in [2.24, 2.45) is 5.92 Å². The van der Waals surface area contributed by atoms with Crippen LogP contribution in [0.25, 0.3) is 11.0 Å². The number of anilines is 1. The summed E-state index contributed by atoms with van der Waals surface area (Å²) in [5.74, 6) is 0.165. The second kappa shape index (κ2) is 11.0. The molecule has 0 unspecified atom stereocenters. The fourth-order valence-corrected chi connectivity index (χ4v) is 5.39. The average Bonchev–Trinajstić information content (AvgIpc) is 3.09. The van der Waals surface area contributed by atoms with Gasteiger partial charge in [-0.25, -0.2) is 17.8 Å². The Morgan fingerprint density at radius 3 is 2.39 bits per heavy atom. The van der Waals surface area contributed by atoms with Gasteiger partial charge >= 0.3 is 5.97 Å². The molecule has 0 radical (unpaired) electrons. The molecule has 0 N–H and O–H groups in total. The number of carbonyl (C=O) groups excluding carboxylic acids is 1. The van der Waals surface area contributed by atoms with Crippen LogP contribution in [-0.2, 0) is 32.5 Å². The van der Waals surface area contributed by atoms with E-state index in [9.17, 15) is 17.6 Å². The molecule has 36 heavy (non-hydrogen) atoms. The third kappa shape index (κ3) is 6.63. The third-order valence-corrected chi connectivity index (χ3v) is 7.43. The van der Waals surface area contributed by atoms with Crippen LogP contribution in [0.5, 0.6) is 0 Å². The molecule has 0 fully saturated rings. The van der Waals surface area contributed by atoms with Gasteiger partial charge in [0, 0.05) is 13.0 Å². The number of hydrogen-bond acceptors (Lipinski definition) is 5. The van der Waals surface area contributed by atoms with Crippen LogP contribution in [0.1, 0.15) is 60.2 Å². The van der Waals surface area contributed by atoms with E-state index in [1.165, 1.54) is 16.4 Å². The van der Waals surface area contributed by atoms with Gasteiger partial charge < -0.3 is 9.30 Å². The number of halogens is 1. The van der Waals surface area contributed by atoms with Crippen molar-refractivity contribution in [3.05, 3.63) is 54.1 Å². The highest BCUT2D eigenvalue weighted by atomic mass is 32.2. The maximum Gasteiger partial charge on any atom is 0.326 e. The summed E-state index contributed by atoms with van der Waals surface area (Å²) in [6, 6.07) is 10.1. The number of aromatic nitrogens is 2. The van der Waals surface area contributed by atoms with Crippen molar-refractivity contribution in [3.63, 3.8) is 0 Å². The van der Waals surface area contributed by atoms with Gasteiger partial charge in [-0.3, -0.25) is 9.10 Å². The van der Waals surface area contributed by atoms with Gasteiger partial charge in [-0.1, -0.05) is 20.8 Å². The summed E-state index contributed by atoms with van der Waals surface area (Å²) >= 11 is 0. The zero-order valence-corrected chi connectivity index (χ0v) is 22.7. The summed E-state index contributed by atoms with van der Waals surface area (Å²) < 4.78 is 49.3. The molecule has 9 heteroatoms. The lowest BCUT2D eigenvalue weighted by Gasteiger charge is -2.25. The number of ether oxygens (including phenoxy) is 1. The number of aryl methyl sites for hydroxylation is 1. The normalized spacial score (nSPS) is 12.3. The molecule has 0 saturated carbocycles. The average molecular weight is 518 g/mol. The van der Waals surface area contributed by atoms with E-state index in [4.69, 9.17) is 9.72 Å². The molecule has 0 saturated heterocycles. The van der Waals surface area contributed by atoms with E-state index >= 15 is 0 Å². The third-order valence-electron chi connectivity index (χ3n) is 5.59. The predicted octanol–water partition coefficient (Wildman–Crippen LogP) is 5.71. The molecule has 0 atom stereocenters. The largest absolute Gasteiger partial charge is 0.459 e. The molecule has 0 aliphatic heterocycles. The Hall–Kier alpha value is -2.94. The van der Waals surface area contributed by atoms with Crippen LogP contribution in [0.2, 0.25) is 0 Å². The van der Waals surface area contributed by atoms with E-state index in [1.807, 2.05) is 46.1 Å². The number of hydrogen-bond donors (Lipinski definition) is 0. The van der Waals surface area contributed by atoms with Crippen molar-refractivity contribution in [2.75, 3.05) is 10.8 Å². The molecule has 0 aliphatic rings. The molecular weight excluding hydrogens is 481 g/mol. The maximum absolute atomic E-state index is 13.6. The minimum absolute atomic E-state index is 0.0212. The highest BCUT2D eigenvalue weighted by molar-refractivity contribution is 7.92. The summed E-state index contributed by atoms with van der Waals surface area (Å²) in [6.45, 7) is 11.8. The van der Waals surface area contributed by atoms with E-state index < -0.39 is 21.4 Å². The van der Waals surface area contributed by atoms with Gasteiger partial charge in [-0.15, -0.1) is 0 Å². The fourth-order valence-electron chi connectivity index (χ4n) is 3.91. The lowest BCUT2D eigenvalue weighted by molar-refractivity contribution is -0.155. The number of sulfonamides is 1. The number of esters is 1. The Kier molecular flexibility index (Phi) is 8.44. The summed E-state index contributed by atoms with van der Waals surface area (Å²) in [5.41, 5.74) is 1.20. The summed E-state index contributed by atoms with van der Waals surface area (Å²) in [5, 5.41) is 0. The number of rotatable bonds is 10. The number of carbonyl (C=O) groups is 1. The molecule has 196 valence electrons. The first-order valence-electron chi connectivity index (χ1n) is 12.3. The molecule has 7 nitrogen and oxygen atoms in total. The molecule has 3 rings (SSSR count). The SMILES string of the molecule is CCCc1nc2cc(N(CCC(C)C)S(=O)(=O)c3ccc(F)cc3)ccc2n1CC(=O)OC(C)(C)C. The van der Waals surface area contributed by atoms with Crippen LogP contribution in [-0.4, -0.2) is 36.1 Å². The second-order valence-electron chi connectivity index (χ2n) is 10.3. The lowest BCUT2D eigenvalue weighted by atomic mass is 10.1. The molecule has 0 amide bonds. The minimum Gasteiger partial charge on any atom is -0.459 e. The Balaban J connectivity index is 2.06. The van der Waals surface area contributed by atoms with E-state index in [0.29, 0.717) is 24.0 Å². The van der Waals surface area contributed by atoms with Gasteiger partial charge in [-0.05, 0) is 82.0 Å². The number of nitrogens with zero attached hydrogens (tertiary/aromatic N) is 3. The molecule has 1 aromatic heterocycles. The Morgan fingerprint density at radius 1 is 1.14 bits per heavy atom. The Morgan fingerprint density at radius 2 is 1.81 bits per heavy atom. The molecule has 2 aromatic carbocycles. The van der Waals surface area contributed by atoms with Crippen LogP contribution < -0.4 is 4.31 Å². The van der Waals surface area contributed by atoms with Crippen LogP contribution in [0.3, 0.4) is 0 Å². The maximum atomic E-state index is 13.6. The minimum atomic E-state index is -3.93. The molecule has 0 aliphatic carbocycles. The molecule has 0 spiro atoms. The van der Waals surface area contributed by atoms with Crippen molar-refractivity contribution in [1.82, 2.24) is 9.55 Å². The smallest absolute Gasteiger partial charge is 0.326 e. The predicted molar refractivity (Wildman–Crippen MR) is 140 cm³/mol. The van der Waals surface area contributed by atoms with E-state index in [-0.39, 0.29) is 29.9 Å². The van der Waals surface area contributed by atoms with Crippen LogP contribution in [0.4, 0.5) is 10.1 Å². The van der Waals surface area contributed by atoms with Crippen molar-refractivity contribution in [2.45, 2.75) is 77.8 Å². The van der Waals surface area contributed by atoms with Crippen molar-refractivity contribution in [1.29, 1.82) is 0 Å². The highest BCUT2D eigenvalue weighted by Gasteiger charge is 2.26. The highest BCUT2D eigenvalue weighted by Crippen LogP contribution is 2.29. The van der Waals surface area contributed by atoms with Crippen LogP contribution in [0, 0.1) is 11.7 Å². The van der Waals surface area contributed by atoms with Gasteiger partial charge in [0.1, 0.15) is 23.8 Å². The molecule has 3 aromatic rings. The van der Waals surface area contributed by atoms with E-state index in [2.05, 4.69) is 0 Å². The zero-order chi connectivity index (χ0) is 26.7. The topological polar surface area (TPSA) is 81.5 Å². The summed E-state index contributed by atoms with van der Waals surface area (Å²) in [6.07, 6.45) is 2.15. The molecular formula is C27H36FN3O4S. The van der Waals surface area contributed by atoms with Crippen molar-refractivity contribution >= 4 is 32.7 Å². The number of benzene rings is 2. The second-order valence-corrected chi connectivity index (χ2v) is 12.2. The molecule has 0 bridgehead atoms. The quantitative estimate of drug-likeness (QED) is 0.322. The first kappa shape index (κ1) is 27.6. The summed E-state index contributed by atoms with van der Waals surface area (Å²) in [7, 11) is -3.93. The Labute approximate surface area is 213 Å². The first-order chi connectivity index (χ1) is 16.8. The van der Waals surface area contributed by atoms with Crippen molar-refractivity contribution < 1.29 is 22.3 Å².